The highest BCUT2D eigenvalue weighted by molar-refractivity contribution is 5.27. The fourth-order valence-electron chi connectivity index (χ4n) is 6.87. The molecule has 1 aromatic rings. The first kappa shape index (κ1) is 14.4. The van der Waals surface area contributed by atoms with Crippen LogP contribution in [0.2, 0.25) is 0 Å². The van der Waals surface area contributed by atoms with E-state index in [0.29, 0.717) is 17.8 Å². The van der Waals surface area contributed by atoms with Gasteiger partial charge < -0.3 is 0 Å². The third-order valence-corrected chi connectivity index (χ3v) is 8.95. The van der Waals surface area contributed by atoms with E-state index >= 15 is 0 Å². The molecule has 0 radical (unpaired) electrons. The van der Waals surface area contributed by atoms with Crippen LogP contribution in [0.15, 0.2) is 33.9 Å². The van der Waals surface area contributed by atoms with Crippen LogP contribution in [0.1, 0.15) is 58.2 Å². The van der Waals surface area contributed by atoms with Gasteiger partial charge >= 0.3 is 11.4 Å². The molecule has 2 saturated carbocycles. The number of aromatic nitrogens is 3. The summed E-state index contributed by atoms with van der Waals surface area (Å²) in [6.07, 6.45) is 12.0. The molecule has 0 aromatic carbocycles. The lowest BCUT2D eigenvalue weighted by atomic mass is 9.68. The molecule has 0 unspecified atom stereocenters. The van der Waals surface area contributed by atoms with E-state index in [-0.39, 0.29) is 40.3 Å². The zero-order valence-corrected chi connectivity index (χ0v) is 15.1. The Bertz CT molecular complexity index is 921. The second-order valence-electron chi connectivity index (χ2n) is 9.66. The fraction of sp³-hybridized carbons (Fsp3) is 0.700. The van der Waals surface area contributed by atoms with Crippen LogP contribution in [0, 0.1) is 28.6 Å². The molecule has 132 valence electrons. The van der Waals surface area contributed by atoms with Crippen LogP contribution in [-0.2, 0) is 0 Å². The van der Waals surface area contributed by atoms with Crippen molar-refractivity contribution in [2.75, 3.05) is 0 Å². The van der Waals surface area contributed by atoms with Gasteiger partial charge in [0, 0.05) is 17.9 Å². The van der Waals surface area contributed by atoms with Crippen molar-refractivity contribution < 1.29 is 0 Å². The molecule has 6 aliphatic rings. The summed E-state index contributed by atoms with van der Waals surface area (Å²) in [7, 11) is 0. The molecule has 7 atom stereocenters. The molecular formula is C20H25N3O2. The maximum Gasteiger partial charge on any atom is 0.348 e. The highest BCUT2D eigenvalue weighted by Crippen LogP contribution is 2.69. The Balaban J connectivity index is 1.57. The van der Waals surface area contributed by atoms with E-state index in [1.165, 1.54) is 6.42 Å². The lowest BCUT2D eigenvalue weighted by Gasteiger charge is -2.47. The normalized spacial score (nSPS) is 47.0. The van der Waals surface area contributed by atoms with Gasteiger partial charge in [-0.1, -0.05) is 45.1 Å². The largest absolute Gasteiger partial charge is 0.348 e. The van der Waals surface area contributed by atoms with Crippen molar-refractivity contribution in [1.29, 1.82) is 0 Å². The number of fused-ring (bicyclic) bond motifs is 2. The Morgan fingerprint density at radius 2 is 1.48 bits per heavy atom. The van der Waals surface area contributed by atoms with Gasteiger partial charge in [0.2, 0.25) is 0 Å². The summed E-state index contributed by atoms with van der Waals surface area (Å²) in [5, 5.41) is 0. The van der Waals surface area contributed by atoms with E-state index in [9.17, 15) is 9.59 Å². The minimum absolute atomic E-state index is 0.0147. The van der Waals surface area contributed by atoms with Crippen LogP contribution in [0.5, 0.6) is 0 Å². The standard InChI is InChI=1S/C20H25N3O2/c1-19(2)11-8-9-20(19,3)16(10-11)21-17(24)22-14-6-7-15(23(22)18(21)25)13-5-4-12(13)14/h4-7,11-16H,8-10H2,1-3H3/t11-,12-,13-,14+,15+,16+,20+/m0/s1. The van der Waals surface area contributed by atoms with Gasteiger partial charge in [0.1, 0.15) is 0 Å². The van der Waals surface area contributed by atoms with E-state index in [2.05, 4.69) is 45.1 Å². The molecule has 0 saturated heterocycles. The minimum atomic E-state index is -0.0855. The maximum absolute atomic E-state index is 13.4. The smallest absolute Gasteiger partial charge is 0.246 e. The number of hydrogen-bond donors (Lipinski definition) is 0. The van der Waals surface area contributed by atoms with Gasteiger partial charge in [-0.3, -0.25) is 0 Å². The summed E-state index contributed by atoms with van der Waals surface area (Å²) in [5.74, 6) is 1.38. The van der Waals surface area contributed by atoms with E-state index in [1.807, 2.05) is 0 Å². The Hall–Kier alpha value is -1.78. The van der Waals surface area contributed by atoms with Gasteiger partial charge in [-0.2, -0.15) is 0 Å². The molecular weight excluding hydrogens is 314 g/mol. The number of rotatable bonds is 1. The average molecular weight is 339 g/mol. The number of nitrogens with zero attached hydrogens (tertiary/aromatic N) is 3. The highest BCUT2D eigenvalue weighted by Gasteiger charge is 2.63. The lowest BCUT2D eigenvalue weighted by Crippen LogP contribution is -2.50. The molecule has 25 heavy (non-hydrogen) atoms. The third-order valence-electron chi connectivity index (χ3n) is 8.95. The number of hydrogen-bond acceptors (Lipinski definition) is 2. The predicted molar refractivity (Wildman–Crippen MR) is 94.6 cm³/mol. The molecule has 1 aromatic heterocycles. The molecule has 2 fully saturated rings. The van der Waals surface area contributed by atoms with Gasteiger partial charge in [-0.05, 0) is 36.0 Å². The van der Waals surface area contributed by atoms with Crippen molar-refractivity contribution >= 4 is 0 Å². The van der Waals surface area contributed by atoms with Crippen LogP contribution in [-0.4, -0.2) is 13.9 Å². The summed E-state index contributed by atoms with van der Waals surface area (Å²) < 4.78 is 5.17. The molecule has 5 heteroatoms. The van der Waals surface area contributed by atoms with Crippen molar-refractivity contribution in [2.45, 2.75) is 58.2 Å². The molecule has 0 amide bonds. The molecule has 7 rings (SSSR count). The topological polar surface area (TPSA) is 48.9 Å². The molecule has 2 aliphatic heterocycles. The zero-order chi connectivity index (χ0) is 17.3. The first-order chi connectivity index (χ1) is 11.9. The van der Waals surface area contributed by atoms with E-state index in [1.54, 1.807) is 13.9 Å². The molecule has 0 N–H and O–H groups in total. The van der Waals surface area contributed by atoms with E-state index in [0.717, 1.165) is 12.8 Å². The third kappa shape index (κ3) is 1.31. The van der Waals surface area contributed by atoms with Gasteiger partial charge in [0.15, 0.2) is 0 Å². The second-order valence-corrected chi connectivity index (χ2v) is 9.66. The molecule has 4 aliphatic carbocycles. The minimum Gasteiger partial charge on any atom is -0.246 e. The van der Waals surface area contributed by atoms with E-state index < -0.39 is 0 Å². The van der Waals surface area contributed by atoms with Gasteiger partial charge in [-0.15, -0.1) is 0 Å². The van der Waals surface area contributed by atoms with E-state index in [4.69, 9.17) is 0 Å². The Labute approximate surface area is 146 Å². The van der Waals surface area contributed by atoms with Gasteiger partial charge in [-0.25, -0.2) is 23.5 Å². The van der Waals surface area contributed by atoms with Crippen molar-refractivity contribution in [1.82, 2.24) is 13.9 Å². The second kappa shape index (κ2) is 3.97. The first-order valence-electron chi connectivity index (χ1n) is 9.68. The van der Waals surface area contributed by atoms with Crippen LogP contribution >= 0.6 is 0 Å². The van der Waals surface area contributed by atoms with Crippen LogP contribution < -0.4 is 11.4 Å². The first-order valence-corrected chi connectivity index (χ1v) is 9.68. The predicted octanol–water partition coefficient (Wildman–Crippen LogP) is 2.67. The summed E-state index contributed by atoms with van der Waals surface area (Å²) in [5.41, 5.74) is 0.0482. The van der Waals surface area contributed by atoms with Crippen LogP contribution in [0.4, 0.5) is 0 Å². The summed E-state index contributed by atoms with van der Waals surface area (Å²) in [6.45, 7) is 6.97. The molecule has 3 heterocycles. The van der Waals surface area contributed by atoms with Crippen molar-refractivity contribution in [3.05, 3.63) is 45.3 Å². The lowest BCUT2D eigenvalue weighted by molar-refractivity contribution is 0.103. The average Bonchev–Trinajstić information content (AvgIpc) is 3.00. The van der Waals surface area contributed by atoms with Gasteiger partial charge in [0.05, 0.1) is 12.1 Å². The highest BCUT2D eigenvalue weighted by atomic mass is 16.2. The van der Waals surface area contributed by atoms with Crippen LogP contribution in [0.25, 0.3) is 0 Å². The van der Waals surface area contributed by atoms with Crippen molar-refractivity contribution in [2.24, 2.45) is 28.6 Å². The molecule has 0 spiro atoms. The molecule has 4 bridgehead atoms. The Morgan fingerprint density at radius 1 is 0.920 bits per heavy atom. The molecule has 5 nitrogen and oxygen atoms in total. The Kier molecular flexibility index (Phi) is 2.28. The summed E-state index contributed by atoms with van der Waals surface area (Å²) >= 11 is 0. The maximum atomic E-state index is 13.4. The number of allylic oxidation sites excluding steroid dienone is 4. The quantitative estimate of drug-likeness (QED) is 0.739. The SMILES string of the molecule is CC1(C)[C@H]2CC[C@]1(C)[C@H](n1c(=O)n3n(c1=O)[C@@H]1C=C[C@@H]3[C@H]3C=C[C@@H]31)C2. The van der Waals surface area contributed by atoms with Crippen molar-refractivity contribution in [3.8, 4) is 0 Å². The fourth-order valence-corrected chi connectivity index (χ4v) is 6.87. The zero-order valence-electron chi connectivity index (χ0n) is 15.1. The summed E-state index contributed by atoms with van der Waals surface area (Å²) in [6, 6.07) is 0.0681. The summed E-state index contributed by atoms with van der Waals surface area (Å²) in [4.78, 5) is 26.7. The van der Waals surface area contributed by atoms with Gasteiger partial charge in [0.25, 0.3) is 0 Å². The van der Waals surface area contributed by atoms with Crippen LogP contribution in [0.3, 0.4) is 0 Å². The monoisotopic (exact) mass is 339 g/mol. The Morgan fingerprint density at radius 3 is 1.88 bits per heavy atom. The van der Waals surface area contributed by atoms with Crippen molar-refractivity contribution in [3.63, 3.8) is 0 Å².